The summed E-state index contributed by atoms with van der Waals surface area (Å²) in [6.07, 6.45) is -1.40. The van der Waals surface area contributed by atoms with Gasteiger partial charge >= 0.3 is 6.18 Å². The van der Waals surface area contributed by atoms with Gasteiger partial charge in [-0.05, 0) is 52.3 Å². The van der Waals surface area contributed by atoms with Crippen molar-refractivity contribution >= 4 is 44.8 Å². The second-order valence-corrected chi connectivity index (χ2v) is 7.55. The van der Waals surface area contributed by atoms with Crippen molar-refractivity contribution in [1.82, 2.24) is 14.6 Å². The number of aromatic nitrogens is 3. The van der Waals surface area contributed by atoms with Crippen molar-refractivity contribution in [3.05, 3.63) is 81.5 Å². The number of alkyl halides is 3. The van der Waals surface area contributed by atoms with Crippen molar-refractivity contribution in [2.45, 2.75) is 6.18 Å². The lowest BCUT2D eigenvalue weighted by Gasteiger charge is -2.12. The van der Waals surface area contributed by atoms with Crippen LogP contribution in [0.5, 0.6) is 0 Å². The number of amides is 1. The van der Waals surface area contributed by atoms with E-state index in [1.54, 1.807) is 41.2 Å². The highest BCUT2D eigenvalue weighted by atomic mass is 79.9. The van der Waals surface area contributed by atoms with E-state index < -0.39 is 22.7 Å². The van der Waals surface area contributed by atoms with E-state index in [0.29, 0.717) is 11.3 Å². The lowest BCUT2D eigenvalue weighted by atomic mass is 10.1. The Balaban J connectivity index is 1.65. The lowest BCUT2D eigenvalue weighted by Crippen LogP contribution is -2.14. The summed E-state index contributed by atoms with van der Waals surface area (Å²) in [7, 11) is 0. The van der Waals surface area contributed by atoms with Gasteiger partial charge in [0.15, 0.2) is 5.65 Å². The maximum atomic E-state index is 13.1. The first-order valence-corrected chi connectivity index (χ1v) is 9.68. The Morgan fingerprint density at radius 1 is 1.13 bits per heavy atom. The molecule has 2 aromatic heterocycles. The first kappa shape index (κ1) is 20.4. The van der Waals surface area contributed by atoms with Gasteiger partial charge in [0.05, 0.1) is 26.9 Å². The predicted octanol–water partition coefficient (Wildman–Crippen LogP) is 6.08. The van der Waals surface area contributed by atoms with E-state index in [1.165, 1.54) is 6.07 Å². The topological polar surface area (TPSA) is 59.3 Å². The van der Waals surface area contributed by atoms with Crippen LogP contribution < -0.4 is 5.32 Å². The van der Waals surface area contributed by atoms with Crippen LogP contribution in [-0.4, -0.2) is 20.5 Å². The zero-order valence-corrected chi connectivity index (χ0v) is 17.3. The molecule has 0 bridgehead atoms. The largest absolute Gasteiger partial charge is 0.417 e. The number of benzene rings is 2. The van der Waals surface area contributed by atoms with Crippen molar-refractivity contribution in [1.29, 1.82) is 0 Å². The summed E-state index contributed by atoms with van der Waals surface area (Å²) in [5.41, 5.74) is 1.30. The molecular weight excluding hydrogens is 485 g/mol. The molecule has 10 heteroatoms. The molecule has 0 aliphatic rings. The second kappa shape index (κ2) is 7.73. The van der Waals surface area contributed by atoms with E-state index in [9.17, 15) is 18.0 Å². The molecule has 4 aromatic rings. The van der Waals surface area contributed by atoms with Gasteiger partial charge in [-0.25, -0.2) is 9.50 Å². The van der Waals surface area contributed by atoms with E-state index in [1.807, 2.05) is 6.07 Å². The summed E-state index contributed by atoms with van der Waals surface area (Å²) in [6.45, 7) is 0. The van der Waals surface area contributed by atoms with Crippen LogP contribution in [-0.2, 0) is 6.18 Å². The fourth-order valence-electron chi connectivity index (χ4n) is 2.93. The molecule has 0 saturated heterocycles. The van der Waals surface area contributed by atoms with Crippen LogP contribution in [0.25, 0.3) is 16.9 Å². The van der Waals surface area contributed by atoms with Crippen molar-refractivity contribution in [2.24, 2.45) is 0 Å². The van der Waals surface area contributed by atoms with E-state index >= 15 is 0 Å². The molecule has 0 unspecified atom stereocenters. The summed E-state index contributed by atoms with van der Waals surface area (Å²) in [4.78, 5) is 16.8. The summed E-state index contributed by atoms with van der Waals surface area (Å²) in [5.74, 6) is -0.684. The minimum atomic E-state index is -4.65. The number of nitrogens with zero attached hydrogens (tertiary/aromatic N) is 3. The SMILES string of the molecule is O=C(Nc1cccc(-c2ccnc3c(Br)cnn23)c1)c1ccc(Cl)c(C(F)(F)F)c1. The van der Waals surface area contributed by atoms with Gasteiger partial charge in [-0.1, -0.05) is 23.7 Å². The molecule has 2 heterocycles. The summed E-state index contributed by atoms with van der Waals surface area (Å²) >= 11 is 8.99. The number of rotatable bonds is 3. The highest BCUT2D eigenvalue weighted by molar-refractivity contribution is 9.10. The molecule has 0 spiro atoms. The highest BCUT2D eigenvalue weighted by Crippen LogP contribution is 2.35. The van der Waals surface area contributed by atoms with Gasteiger partial charge < -0.3 is 5.32 Å². The van der Waals surface area contributed by atoms with Crippen LogP contribution in [0.2, 0.25) is 5.02 Å². The molecule has 0 radical (unpaired) electrons. The average Bonchev–Trinajstić information content (AvgIpc) is 3.09. The zero-order chi connectivity index (χ0) is 21.5. The van der Waals surface area contributed by atoms with Crippen LogP contribution in [0, 0.1) is 0 Å². The van der Waals surface area contributed by atoms with Gasteiger partial charge in [-0.2, -0.15) is 18.3 Å². The molecule has 0 atom stereocenters. The van der Waals surface area contributed by atoms with E-state index in [-0.39, 0.29) is 5.56 Å². The second-order valence-electron chi connectivity index (χ2n) is 6.29. The molecule has 4 rings (SSSR count). The molecule has 2 aromatic carbocycles. The third-order valence-corrected chi connectivity index (χ3v) is 5.20. The molecule has 0 fully saturated rings. The smallest absolute Gasteiger partial charge is 0.322 e. The standard InChI is InChI=1S/C20H11BrClF3N4O/c21-15-10-27-29-17(6-7-26-18(15)29)11-2-1-3-13(8-11)28-19(30)12-4-5-16(22)14(9-12)20(23,24)25/h1-10H,(H,28,30). The number of hydrogen-bond donors (Lipinski definition) is 1. The molecule has 5 nitrogen and oxygen atoms in total. The van der Waals surface area contributed by atoms with Crippen LogP contribution >= 0.6 is 27.5 Å². The normalized spacial score (nSPS) is 11.6. The quantitative estimate of drug-likeness (QED) is 0.375. The van der Waals surface area contributed by atoms with Gasteiger partial charge in [-0.3, -0.25) is 4.79 Å². The van der Waals surface area contributed by atoms with Crippen LogP contribution in [0.3, 0.4) is 0 Å². The molecular formula is C20H11BrClF3N4O. The Morgan fingerprint density at radius 2 is 1.93 bits per heavy atom. The molecule has 0 aliphatic carbocycles. The fourth-order valence-corrected chi connectivity index (χ4v) is 3.51. The Bertz CT molecular complexity index is 1270. The Kier molecular flexibility index (Phi) is 5.25. The minimum Gasteiger partial charge on any atom is -0.322 e. The van der Waals surface area contributed by atoms with Crippen molar-refractivity contribution in [2.75, 3.05) is 5.32 Å². The first-order valence-electron chi connectivity index (χ1n) is 8.51. The van der Waals surface area contributed by atoms with Crippen LogP contribution in [0.4, 0.5) is 18.9 Å². The summed E-state index contributed by atoms with van der Waals surface area (Å²) in [5, 5.41) is 6.43. The van der Waals surface area contributed by atoms with Crippen LogP contribution in [0.15, 0.2) is 65.4 Å². The Hall–Kier alpha value is -2.91. The van der Waals surface area contributed by atoms with Gasteiger partial charge in [0.1, 0.15) is 0 Å². The number of anilines is 1. The van der Waals surface area contributed by atoms with Crippen molar-refractivity contribution in [3.63, 3.8) is 0 Å². The Morgan fingerprint density at radius 3 is 2.70 bits per heavy atom. The average molecular weight is 496 g/mol. The van der Waals surface area contributed by atoms with E-state index in [0.717, 1.165) is 27.9 Å². The third kappa shape index (κ3) is 3.90. The molecule has 1 N–H and O–H groups in total. The monoisotopic (exact) mass is 494 g/mol. The molecule has 0 aliphatic heterocycles. The number of fused-ring (bicyclic) bond motifs is 1. The third-order valence-electron chi connectivity index (χ3n) is 4.31. The zero-order valence-electron chi connectivity index (χ0n) is 14.9. The van der Waals surface area contributed by atoms with Crippen molar-refractivity contribution in [3.8, 4) is 11.3 Å². The predicted molar refractivity (Wildman–Crippen MR) is 111 cm³/mol. The number of nitrogens with one attached hydrogen (secondary N) is 1. The minimum absolute atomic E-state index is 0.153. The summed E-state index contributed by atoms with van der Waals surface area (Å²) in [6, 6.07) is 11.7. The van der Waals surface area contributed by atoms with Gasteiger partial charge in [0, 0.05) is 23.0 Å². The number of carbonyl (C=O) groups is 1. The fraction of sp³-hybridized carbons (Fsp3) is 0.0500. The molecule has 1 amide bonds. The Labute approximate surface area is 181 Å². The van der Waals surface area contributed by atoms with Gasteiger partial charge in [0.2, 0.25) is 0 Å². The number of halogens is 5. The first-order chi connectivity index (χ1) is 14.2. The van der Waals surface area contributed by atoms with Gasteiger partial charge in [-0.15, -0.1) is 0 Å². The molecule has 30 heavy (non-hydrogen) atoms. The van der Waals surface area contributed by atoms with E-state index in [2.05, 4.69) is 31.3 Å². The highest BCUT2D eigenvalue weighted by Gasteiger charge is 2.33. The van der Waals surface area contributed by atoms with Crippen molar-refractivity contribution < 1.29 is 18.0 Å². The van der Waals surface area contributed by atoms with E-state index in [4.69, 9.17) is 11.6 Å². The lowest BCUT2D eigenvalue weighted by molar-refractivity contribution is -0.137. The molecule has 0 saturated carbocycles. The number of carbonyl (C=O) groups excluding carboxylic acids is 1. The van der Waals surface area contributed by atoms with Gasteiger partial charge in [0.25, 0.3) is 5.91 Å². The summed E-state index contributed by atoms with van der Waals surface area (Å²) < 4.78 is 41.5. The van der Waals surface area contributed by atoms with Crippen LogP contribution in [0.1, 0.15) is 15.9 Å². The molecule has 152 valence electrons. The maximum Gasteiger partial charge on any atom is 0.417 e. The maximum absolute atomic E-state index is 13.1. The number of hydrogen-bond acceptors (Lipinski definition) is 3.